The smallest absolute Gasteiger partial charge is 0.243 e. The quantitative estimate of drug-likeness (QED) is 0.782. The number of nitrogens with zero attached hydrogens (tertiary/aromatic N) is 2. The highest BCUT2D eigenvalue weighted by Gasteiger charge is 2.29. The maximum absolute atomic E-state index is 12.4. The van der Waals surface area contributed by atoms with Crippen LogP contribution in [0.25, 0.3) is 0 Å². The predicted octanol–water partition coefficient (Wildman–Crippen LogP) is 0.122. The zero-order valence-corrected chi connectivity index (χ0v) is 11.6. The summed E-state index contributed by atoms with van der Waals surface area (Å²) in [5.41, 5.74) is 6.05. The lowest BCUT2D eigenvalue weighted by molar-refractivity contribution is -0.129. The Hall–Kier alpha value is -1.60. The summed E-state index contributed by atoms with van der Waals surface area (Å²) in [6.07, 6.45) is 0.635. The number of amides is 1. The minimum atomic E-state index is -3.63. The van der Waals surface area contributed by atoms with E-state index in [0.29, 0.717) is 25.2 Å². The Bertz CT molecular complexity index is 568. The van der Waals surface area contributed by atoms with Crippen molar-refractivity contribution in [3.05, 3.63) is 24.3 Å². The van der Waals surface area contributed by atoms with E-state index in [1.165, 1.54) is 16.4 Å². The highest BCUT2D eigenvalue weighted by Crippen LogP contribution is 2.18. The largest absolute Gasteiger partial charge is 0.399 e. The monoisotopic (exact) mass is 283 g/mol. The summed E-state index contributed by atoms with van der Waals surface area (Å²) < 4.78 is 26.1. The van der Waals surface area contributed by atoms with Gasteiger partial charge in [-0.15, -0.1) is 0 Å². The molecule has 1 aromatic rings. The van der Waals surface area contributed by atoms with Gasteiger partial charge in [0.15, 0.2) is 0 Å². The molecule has 1 fully saturated rings. The van der Waals surface area contributed by atoms with Gasteiger partial charge in [-0.1, -0.05) is 0 Å². The third-order valence-corrected chi connectivity index (χ3v) is 5.02. The average molecular weight is 283 g/mol. The van der Waals surface area contributed by atoms with E-state index in [0.717, 1.165) is 0 Å². The summed E-state index contributed by atoms with van der Waals surface area (Å²) >= 11 is 0. The van der Waals surface area contributed by atoms with E-state index >= 15 is 0 Å². The van der Waals surface area contributed by atoms with Gasteiger partial charge in [0.1, 0.15) is 0 Å². The molecule has 6 nitrogen and oxygen atoms in total. The third-order valence-electron chi connectivity index (χ3n) is 3.16. The Labute approximate surface area is 112 Å². The van der Waals surface area contributed by atoms with Gasteiger partial charge in [-0.2, -0.15) is 4.31 Å². The molecule has 0 saturated carbocycles. The number of rotatable bonds is 2. The summed E-state index contributed by atoms with van der Waals surface area (Å²) in [5.74, 6) is -0.184. The lowest BCUT2D eigenvalue weighted by Gasteiger charge is -2.19. The Morgan fingerprint density at radius 2 is 1.79 bits per heavy atom. The highest BCUT2D eigenvalue weighted by molar-refractivity contribution is 7.89. The molecular formula is C12H17N3O3S. The first-order valence-corrected chi connectivity index (χ1v) is 7.45. The number of likely N-dealkylation sites (N-methyl/N-ethyl adjacent to an activating group) is 1. The lowest BCUT2D eigenvalue weighted by Crippen LogP contribution is -2.37. The van der Waals surface area contributed by atoms with Crippen LogP contribution in [0.2, 0.25) is 0 Å². The van der Waals surface area contributed by atoms with Crippen LogP contribution in [0.4, 0.5) is 5.69 Å². The maximum atomic E-state index is 12.4. The molecule has 7 heteroatoms. The number of nitrogens with two attached hydrogens (primary N) is 1. The Morgan fingerprint density at radius 3 is 2.42 bits per heavy atom. The summed E-state index contributed by atoms with van der Waals surface area (Å²) in [4.78, 5) is 13.5. The van der Waals surface area contributed by atoms with Gasteiger partial charge in [0.2, 0.25) is 15.9 Å². The van der Waals surface area contributed by atoms with Crippen molar-refractivity contribution in [3.8, 4) is 0 Å². The molecule has 104 valence electrons. The van der Waals surface area contributed by atoms with E-state index in [4.69, 9.17) is 5.73 Å². The Kier molecular flexibility index (Phi) is 3.77. The number of nitrogen functional groups attached to an aromatic ring is 1. The molecule has 0 aromatic heterocycles. The molecule has 19 heavy (non-hydrogen) atoms. The van der Waals surface area contributed by atoms with Crippen molar-refractivity contribution in [1.82, 2.24) is 9.21 Å². The van der Waals surface area contributed by atoms with Crippen molar-refractivity contribution in [3.63, 3.8) is 0 Å². The first kappa shape index (κ1) is 13.8. The number of carbonyl (C=O) groups is 1. The van der Waals surface area contributed by atoms with E-state index < -0.39 is 10.0 Å². The van der Waals surface area contributed by atoms with Crippen LogP contribution in [0.15, 0.2) is 29.2 Å². The molecule has 2 N–H and O–H groups in total. The highest BCUT2D eigenvalue weighted by atomic mass is 32.2. The first-order valence-electron chi connectivity index (χ1n) is 6.01. The number of sulfonamides is 1. The minimum Gasteiger partial charge on any atom is -0.399 e. The van der Waals surface area contributed by atoms with Gasteiger partial charge in [-0.25, -0.2) is 8.42 Å². The second-order valence-electron chi connectivity index (χ2n) is 4.58. The second kappa shape index (κ2) is 5.18. The number of benzene rings is 1. The van der Waals surface area contributed by atoms with Gasteiger partial charge < -0.3 is 10.6 Å². The molecular weight excluding hydrogens is 266 g/mol. The summed E-state index contributed by atoms with van der Waals surface area (Å²) in [7, 11) is -1.95. The zero-order valence-electron chi connectivity index (χ0n) is 10.7. The summed E-state index contributed by atoms with van der Waals surface area (Å²) in [6.45, 7) is 0.818. The lowest BCUT2D eigenvalue weighted by atomic mass is 10.3. The van der Waals surface area contributed by atoms with Crippen LogP contribution >= 0.6 is 0 Å². The van der Waals surface area contributed by atoms with Gasteiger partial charge >= 0.3 is 0 Å². The van der Waals surface area contributed by atoms with Crippen molar-refractivity contribution < 1.29 is 13.2 Å². The van der Waals surface area contributed by atoms with Gasteiger partial charge in [-0.3, -0.25) is 4.79 Å². The molecule has 0 spiro atoms. The minimum absolute atomic E-state index is 0.108. The van der Waals surface area contributed by atoms with Crippen LogP contribution in [0, 0.1) is 0 Å². The summed E-state index contributed by atoms with van der Waals surface area (Å²) in [6, 6.07) is 6.00. The van der Waals surface area contributed by atoms with E-state index in [9.17, 15) is 13.2 Å². The standard InChI is InChI=1S/C12H17N3O3S/c1-14-7-2-8-15(9-12(14)16)19(17,18)11-5-3-10(13)4-6-11/h3-6H,2,7-9,13H2,1H3. The van der Waals surface area contributed by atoms with Crippen molar-refractivity contribution >= 4 is 21.6 Å². The Balaban J connectivity index is 2.28. The van der Waals surface area contributed by atoms with Crippen molar-refractivity contribution in [2.45, 2.75) is 11.3 Å². The van der Waals surface area contributed by atoms with Gasteiger partial charge in [0.05, 0.1) is 11.4 Å². The fourth-order valence-electron chi connectivity index (χ4n) is 1.95. The van der Waals surface area contributed by atoms with Crippen molar-refractivity contribution in [2.75, 3.05) is 32.4 Å². The molecule has 1 aliphatic rings. The van der Waals surface area contributed by atoms with Crippen LogP contribution in [0.1, 0.15) is 6.42 Å². The van der Waals surface area contributed by atoms with Crippen molar-refractivity contribution in [2.24, 2.45) is 0 Å². The fraction of sp³-hybridized carbons (Fsp3) is 0.417. The molecule has 1 aromatic carbocycles. The van der Waals surface area contributed by atoms with Crippen LogP contribution in [0.5, 0.6) is 0 Å². The molecule has 0 unspecified atom stereocenters. The molecule has 2 rings (SSSR count). The molecule has 0 atom stereocenters. The topological polar surface area (TPSA) is 83.7 Å². The van der Waals surface area contributed by atoms with E-state index in [-0.39, 0.29) is 17.3 Å². The number of anilines is 1. The molecule has 0 radical (unpaired) electrons. The van der Waals surface area contributed by atoms with Gasteiger partial charge in [-0.05, 0) is 30.7 Å². The van der Waals surface area contributed by atoms with E-state index in [1.54, 1.807) is 24.1 Å². The first-order chi connectivity index (χ1) is 8.91. The van der Waals surface area contributed by atoms with Crippen LogP contribution < -0.4 is 5.73 Å². The van der Waals surface area contributed by atoms with Crippen LogP contribution in [0.3, 0.4) is 0 Å². The van der Waals surface area contributed by atoms with Crippen molar-refractivity contribution in [1.29, 1.82) is 0 Å². The second-order valence-corrected chi connectivity index (χ2v) is 6.51. The van der Waals surface area contributed by atoms with Crippen LogP contribution in [-0.4, -0.2) is 50.2 Å². The SMILES string of the molecule is CN1CCCN(S(=O)(=O)c2ccc(N)cc2)CC1=O. The predicted molar refractivity (Wildman–Crippen MR) is 71.9 cm³/mol. The normalized spacial score (nSPS) is 18.4. The molecule has 1 saturated heterocycles. The molecule has 0 aliphatic carbocycles. The zero-order chi connectivity index (χ0) is 14.0. The molecule has 1 amide bonds. The Morgan fingerprint density at radius 1 is 1.16 bits per heavy atom. The van der Waals surface area contributed by atoms with E-state index in [2.05, 4.69) is 0 Å². The number of hydrogen-bond donors (Lipinski definition) is 1. The van der Waals surface area contributed by atoms with E-state index in [1.807, 2.05) is 0 Å². The summed E-state index contributed by atoms with van der Waals surface area (Å²) in [5, 5.41) is 0. The fourth-order valence-corrected chi connectivity index (χ4v) is 3.38. The number of carbonyl (C=O) groups excluding carboxylic acids is 1. The number of hydrogen-bond acceptors (Lipinski definition) is 4. The molecule has 0 bridgehead atoms. The maximum Gasteiger partial charge on any atom is 0.243 e. The average Bonchev–Trinajstić information content (AvgIpc) is 2.53. The third kappa shape index (κ3) is 2.87. The molecule has 1 aliphatic heterocycles. The van der Waals surface area contributed by atoms with Gasteiger partial charge in [0, 0.05) is 25.8 Å². The van der Waals surface area contributed by atoms with Crippen LogP contribution in [-0.2, 0) is 14.8 Å². The molecule has 1 heterocycles. The van der Waals surface area contributed by atoms with Gasteiger partial charge in [0.25, 0.3) is 0 Å².